The van der Waals surface area contributed by atoms with Gasteiger partial charge in [0.05, 0.1) is 24.7 Å². The van der Waals surface area contributed by atoms with Crippen molar-refractivity contribution in [2.75, 3.05) is 13.7 Å². The Morgan fingerprint density at radius 3 is 2.33 bits per heavy atom. The van der Waals surface area contributed by atoms with Gasteiger partial charge in [-0.1, -0.05) is 84.4 Å². The van der Waals surface area contributed by atoms with E-state index >= 15 is 0 Å². The molecule has 1 aliphatic rings. The fraction of sp³-hybridized carbons (Fsp3) is 0.364. The summed E-state index contributed by atoms with van der Waals surface area (Å²) in [7, 11) is -2.20. The summed E-state index contributed by atoms with van der Waals surface area (Å²) < 4.78 is 39.8. The van der Waals surface area contributed by atoms with Crippen molar-refractivity contribution >= 4 is 16.0 Å². The van der Waals surface area contributed by atoms with Crippen LogP contribution in [0.2, 0.25) is 0 Å². The van der Waals surface area contributed by atoms with Gasteiger partial charge in [-0.3, -0.25) is 4.79 Å². The molecule has 1 saturated carbocycles. The first-order valence-corrected chi connectivity index (χ1v) is 15.4. The molecule has 0 aromatic heterocycles. The van der Waals surface area contributed by atoms with E-state index in [0.29, 0.717) is 26.0 Å². The fourth-order valence-electron chi connectivity index (χ4n) is 5.23. The topological polar surface area (TPSA) is 81.7 Å². The minimum absolute atomic E-state index is 0.0212. The minimum Gasteiger partial charge on any atom is -0.469 e. The molecule has 3 atom stereocenters. The largest absolute Gasteiger partial charge is 0.469 e. The highest BCUT2D eigenvalue weighted by atomic mass is 32.2. The highest BCUT2D eigenvalue weighted by molar-refractivity contribution is 7.89. The molecule has 0 aliphatic heterocycles. The molecule has 6 nitrogen and oxygen atoms in total. The molecular weight excluding hydrogens is 522 g/mol. The van der Waals surface area contributed by atoms with Crippen LogP contribution in [0.5, 0.6) is 0 Å². The van der Waals surface area contributed by atoms with Crippen molar-refractivity contribution in [2.24, 2.45) is 11.8 Å². The van der Waals surface area contributed by atoms with Crippen LogP contribution in [0, 0.1) is 18.8 Å². The van der Waals surface area contributed by atoms with E-state index in [4.69, 9.17) is 9.47 Å². The molecule has 1 aliphatic carbocycles. The maximum absolute atomic E-state index is 12.9. The van der Waals surface area contributed by atoms with E-state index in [-0.39, 0.29) is 28.8 Å². The second-order valence-electron chi connectivity index (χ2n) is 10.4. The highest BCUT2D eigenvalue weighted by Gasteiger charge is 2.36. The van der Waals surface area contributed by atoms with Crippen LogP contribution in [0.1, 0.15) is 43.2 Å². The van der Waals surface area contributed by atoms with Crippen LogP contribution in [0.4, 0.5) is 0 Å². The summed E-state index contributed by atoms with van der Waals surface area (Å²) in [6.45, 7) is 2.80. The number of allylic oxidation sites excluding steroid dienone is 2. The van der Waals surface area contributed by atoms with Gasteiger partial charge in [0.25, 0.3) is 0 Å². The molecule has 3 aromatic carbocycles. The minimum atomic E-state index is -3.59. The predicted octanol–water partition coefficient (Wildman–Crippen LogP) is 6.45. The van der Waals surface area contributed by atoms with E-state index in [1.807, 2.05) is 43.3 Å². The van der Waals surface area contributed by atoms with Crippen molar-refractivity contribution in [3.63, 3.8) is 0 Å². The molecule has 7 heteroatoms. The molecule has 1 N–H and O–H groups in total. The molecule has 0 radical (unpaired) electrons. The van der Waals surface area contributed by atoms with Crippen molar-refractivity contribution in [1.82, 2.24) is 4.72 Å². The highest BCUT2D eigenvalue weighted by Crippen LogP contribution is 2.37. The van der Waals surface area contributed by atoms with E-state index in [9.17, 15) is 13.2 Å². The zero-order valence-corrected chi connectivity index (χ0v) is 24.1. The molecule has 3 aromatic rings. The number of benzene rings is 3. The van der Waals surface area contributed by atoms with Gasteiger partial charge in [0.1, 0.15) is 0 Å². The first-order valence-electron chi connectivity index (χ1n) is 13.9. The maximum Gasteiger partial charge on any atom is 0.305 e. The number of nitrogens with one attached hydrogen (secondary N) is 1. The van der Waals surface area contributed by atoms with Gasteiger partial charge in [0.15, 0.2) is 0 Å². The summed E-state index contributed by atoms with van der Waals surface area (Å²) in [5, 5.41) is 0. The van der Waals surface area contributed by atoms with Crippen LogP contribution in [0.3, 0.4) is 0 Å². The molecule has 1 fully saturated rings. The third kappa shape index (κ3) is 8.37. The second kappa shape index (κ2) is 14.4. The molecule has 0 bridgehead atoms. The number of esters is 1. The van der Waals surface area contributed by atoms with Crippen LogP contribution in [0.25, 0.3) is 11.1 Å². The van der Waals surface area contributed by atoms with Crippen LogP contribution in [0.15, 0.2) is 95.9 Å². The zero-order valence-electron chi connectivity index (χ0n) is 23.3. The Balaban J connectivity index is 1.38. The SMILES string of the molecule is COC(=O)CC/C=C\C[C@@H]1[C@@H](CNS(=O)(=O)c2ccc(C)cc2)CC[C@@H]1OCc1ccc(-c2ccccc2)cc1. The number of rotatable bonds is 13. The standard InChI is InChI=1S/C33H39NO5S/c1-25-13-20-30(21-14-25)40(36,37)34-23-29-19-22-32(31(29)11-7-4-8-12-33(35)38-2)39-24-26-15-17-28(18-16-26)27-9-5-3-6-10-27/h3-7,9-10,13-18,20-21,29,31-32,34H,8,11-12,19,22-24H2,1-2H3/b7-4-/t29-,31-,32+/m1/s1. The average molecular weight is 562 g/mol. The third-order valence-corrected chi connectivity index (χ3v) is 9.05. The second-order valence-corrected chi connectivity index (χ2v) is 12.2. The van der Waals surface area contributed by atoms with Crippen LogP contribution >= 0.6 is 0 Å². The normalized spacial score (nSPS) is 19.2. The molecule has 0 unspecified atom stereocenters. The Hall–Kier alpha value is -3.26. The van der Waals surface area contributed by atoms with Gasteiger partial charge in [-0.15, -0.1) is 0 Å². The maximum atomic E-state index is 12.9. The lowest BCUT2D eigenvalue weighted by molar-refractivity contribution is -0.140. The Bertz CT molecular complexity index is 1350. The predicted molar refractivity (Wildman–Crippen MR) is 158 cm³/mol. The van der Waals surface area contributed by atoms with Gasteiger partial charge in [-0.25, -0.2) is 13.1 Å². The molecule has 0 heterocycles. The van der Waals surface area contributed by atoms with Crippen LogP contribution in [-0.4, -0.2) is 34.1 Å². The average Bonchev–Trinajstić information content (AvgIpc) is 3.37. The number of aryl methyl sites for hydroxylation is 1. The quantitative estimate of drug-likeness (QED) is 0.192. The molecule has 40 heavy (non-hydrogen) atoms. The number of hydrogen-bond donors (Lipinski definition) is 1. The number of sulfonamides is 1. The molecule has 0 saturated heterocycles. The number of carbonyl (C=O) groups excluding carboxylic acids is 1. The van der Waals surface area contributed by atoms with E-state index in [0.717, 1.165) is 30.4 Å². The van der Waals surface area contributed by atoms with Gasteiger partial charge in [-0.2, -0.15) is 0 Å². The van der Waals surface area contributed by atoms with Gasteiger partial charge in [0, 0.05) is 13.0 Å². The van der Waals surface area contributed by atoms with Crippen LogP contribution < -0.4 is 4.72 Å². The molecule has 0 spiro atoms. The summed E-state index contributed by atoms with van der Waals surface area (Å²) >= 11 is 0. The van der Waals surface area contributed by atoms with E-state index in [2.05, 4.69) is 47.2 Å². The first-order chi connectivity index (χ1) is 19.4. The van der Waals surface area contributed by atoms with E-state index in [1.54, 1.807) is 12.1 Å². The molecule has 212 valence electrons. The monoisotopic (exact) mass is 561 g/mol. The molecular formula is C33H39NO5S. The summed E-state index contributed by atoms with van der Waals surface area (Å²) in [6.07, 6.45) is 7.59. The smallest absolute Gasteiger partial charge is 0.305 e. The lowest BCUT2D eigenvalue weighted by Crippen LogP contribution is -2.33. The lowest BCUT2D eigenvalue weighted by atomic mass is 9.91. The van der Waals surface area contributed by atoms with Crippen LogP contribution in [-0.2, 0) is 30.9 Å². The summed E-state index contributed by atoms with van der Waals surface area (Å²) in [5.74, 6) is 0.0861. The molecule has 0 amide bonds. The van der Waals surface area contributed by atoms with E-state index < -0.39 is 10.0 Å². The molecule has 4 rings (SSSR count). The Kier molecular flexibility index (Phi) is 10.7. The van der Waals surface area contributed by atoms with Crippen molar-refractivity contribution < 1.29 is 22.7 Å². The number of carbonyl (C=O) groups is 1. The number of hydrogen-bond acceptors (Lipinski definition) is 5. The number of methoxy groups -OCH3 is 1. The summed E-state index contributed by atoms with van der Waals surface area (Å²) in [6, 6.07) is 25.6. The fourth-order valence-corrected chi connectivity index (χ4v) is 6.33. The van der Waals surface area contributed by atoms with Gasteiger partial charge < -0.3 is 9.47 Å². The third-order valence-electron chi connectivity index (χ3n) is 7.61. The van der Waals surface area contributed by atoms with Gasteiger partial charge in [0.2, 0.25) is 10.0 Å². The summed E-state index contributed by atoms with van der Waals surface area (Å²) in [4.78, 5) is 11.7. The number of ether oxygens (including phenoxy) is 2. The van der Waals surface area contributed by atoms with E-state index in [1.165, 1.54) is 18.2 Å². The van der Waals surface area contributed by atoms with Crippen molar-refractivity contribution in [3.8, 4) is 11.1 Å². The van der Waals surface area contributed by atoms with Gasteiger partial charge >= 0.3 is 5.97 Å². The first kappa shape index (κ1) is 29.7. The van der Waals surface area contributed by atoms with Crippen molar-refractivity contribution in [1.29, 1.82) is 0 Å². The Morgan fingerprint density at radius 2 is 1.62 bits per heavy atom. The zero-order chi connectivity index (χ0) is 28.4. The van der Waals surface area contributed by atoms with Crippen molar-refractivity contribution in [3.05, 3.63) is 102 Å². The lowest BCUT2D eigenvalue weighted by Gasteiger charge is -2.24. The van der Waals surface area contributed by atoms with Gasteiger partial charge in [-0.05, 0) is 73.3 Å². The Morgan fingerprint density at radius 1 is 0.925 bits per heavy atom. The Labute approximate surface area is 238 Å². The summed E-state index contributed by atoms with van der Waals surface area (Å²) in [5.41, 5.74) is 4.47. The van der Waals surface area contributed by atoms with Crippen molar-refractivity contribution in [2.45, 2.75) is 56.6 Å².